The molecule has 16 heavy (non-hydrogen) atoms. The molecule has 0 aliphatic carbocycles. The molecule has 0 amide bonds. The van der Waals surface area contributed by atoms with Crippen LogP contribution in [0.2, 0.25) is 0 Å². The third kappa shape index (κ3) is 2.81. The second-order valence-corrected chi connectivity index (χ2v) is 5.72. The Morgan fingerprint density at radius 3 is 2.69 bits per heavy atom. The van der Waals surface area contributed by atoms with Crippen molar-refractivity contribution in [2.75, 3.05) is 13.2 Å². The van der Waals surface area contributed by atoms with Gasteiger partial charge in [0.25, 0.3) is 0 Å². The molecule has 4 heteroatoms. The van der Waals surface area contributed by atoms with Gasteiger partial charge >= 0.3 is 0 Å². The summed E-state index contributed by atoms with van der Waals surface area (Å²) in [5.74, 6) is 0.602. The smallest absolute Gasteiger partial charge is 0.0903 e. The summed E-state index contributed by atoms with van der Waals surface area (Å²) in [5, 5.41) is 11.2. The van der Waals surface area contributed by atoms with Crippen molar-refractivity contribution in [2.45, 2.75) is 39.2 Å². The van der Waals surface area contributed by atoms with E-state index in [-0.39, 0.29) is 6.10 Å². The molecule has 0 spiro atoms. The molecular weight excluding hydrogens is 222 g/mol. The summed E-state index contributed by atoms with van der Waals surface area (Å²) in [5.41, 5.74) is 0.988. The van der Waals surface area contributed by atoms with Crippen LogP contribution in [0.1, 0.15) is 40.9 Å². The van der Waals surface area contributed by atoms with Gasteiger partial charge in [-0.3, -0.25) is 0 Å². The molecule has 1 aromatic heterocycles. The molecule has 1 aliphatic heterocycles. The van der Waals surface area contributed by atoms with Crippen LogP contribution in [0.3, 0.4) is 0 Å². The monoisotopic (exact) mass is 241 g/mol. The van der Waals surface area contributed by atoms with Crippen LogP contribution in [0.15, 0.2) is 0 Å². The molecule has 0 radical (unpaired) electrons. The summed E-state index contributed by atoms with van der Waals surface area (Å²) in [6.07, 6.45) is 2.67. The predicted molar refractivity (Wildman–Crippen MR) is 64.7 cm³/mol. The van der Waals surface area contributed by atoms with Gasteiger partial charge in [0, 0.05) is 13.2 Å². The fourth-order valence-corrected chi connectivity index (χ4v) is 3.19. The average Bonchev–Trinajstić information content (AvgIpc) is 2.59. The molecular formula is C12H19NO2S. The minimum atomic E-state index is -0.339. The summed E-state index contributed by atoms with van der Waals surface area (Å²) in [7, 11) is 0. The highest BCUT2D eigenvalue weighted by molar-refractivity contribution is 7.11. The van der Waals surface area contributed by atoms with E-state index in [1.165, 1.54) is 0 Å². The number of hydrogen-bond acceptors (Lipinski definition) is 4. The molecule has 2 heterocycles. The second kappa shape index (κ2) is 5.25. The predicted octanol–water partition coefficient (Wildman–Crippen LogP) is 2.61. The van der Waals surface area contributed by atoms with Crippen molar-refractivity contribution in [1.29, 1.82) is 0 Å². The highest BCUT2D eigenvalue weighted by Crippen LogP contribution is 2.32. The Hall–Kier alpha value is -0.450. The van der Waals surface area contributed by atoms with Crippen LogP contribution in [-0.4, -0.2) is 23.3 Å². The number of aliphatic hydroxyl groups is 1. The van der Waals surface area contributed by atoms with Crippen molar-refractivity contribution in [3.8, 4) is 0 Å². The molecule has 1 aromatic rings. The SMILES string of the molecule is Cc1nc(C)c(C(O)CC2CCOCC2)s1. The molecule has 1 N–H and O–H groups in total. The van der Waals surface area contributed by atoms with E-state index in [4.69, 9.17) is 4.74 Å². The number of ether oxygens (including phenoxy) is 1. The van der Waals surface area contributed by atoms with Crippen LogP contribution in [0.25, 0.3) is 0 Å². The highest BCUT2D eigenvalue weighted by Gasteiger charge is 2.21. The average molecular weight is 241 g/mol. The first kappa shape index (κ1) is 12.0. The van der Waals surface area contributed by atoms with Crippen molar-refractivity contribution in [1.82, 2.24) is 4.98 Å². The Labute approximate surface area is 100 Å². The standard InChI is InChI=1S/C12H19NO2S/c1-8-12(16-9(2)13-8)11(14)7-10-3-5-15-6-4-10/h10-11,14H,3-7H2,1-2H3. The van der Waals surface area contributed by atoms with Gasteiger partial charge in [-0.2, -0.15) is 0 Å². The lowest BCUT2D eigenvalue weighted by molar-refractivity contribution is 0.0440. The molecule has 0 saturated carbocycles. The van der Waals surface area contributed by atoms with E-state index < -0.39 is 0 Å². The summed E-state index contributed by atoms with van der Waals surface area (Å²) in [6, 6.07) is 0. The van der Waals surface area contributed by atoms with E-state index in [0.717, 1.165) is 48.1 Å². The van der Waals surface area contributed by atoms with Crippen LogP contribution in [0.4, 0.5) is 0 Å². The zero-order chi connectivity index (χ0) is 11.5. The van der Waals surface area contributed by atoms with E-state index in [0.29, 0.717) is 5.92 Å². The zero-order valence-corrected chi connectivity index (χ0v) is 10.7. The number of nitrogens with zero attached hydrogens (tertiary/aromatic N) is 1. The molecule has 1 unspecified atom stereocenters. The number of thiazole rings is 1. The fraction of sp³-hybridized carbons (Fsp3) is 0.750. The maximum Gasteiger partial charge on any atom is 0.0903 e. The number of aliphatic hydroxyl groups excluding tert-OH is 1. The Balaban J connectivity index is 1.96. The summed E-state index contributed by atoms with van der Waals surface area (Å²) in [6.45, 7) is 5.66. The summed E-state index contributed by atoms with van der Waals surface area (Å²) < 4.78 is 5.32. The number of hydrogen-bond donors (Lipinski definition) is 1. The van der Waals surface area contributed by atoms with Crippen molar-refractivity contribution in [3.63, 3.8) is 0 Å². The lowest BCUT2D eigenvalue weighted by Gasteiger charge is -2.23. The Bertz CT molecular complexity index is 345. The van der Waals surface area contributed by atoms with Crippen molar-refractivity contribution >= 4 is 11.3 Å². The molecule has 1 atom stereocenters. The molecule has 1 aliphatic rings. The first-order chi connectivity index (χ1) is 7.66. The fourth-order valence-electron chi connectivity index (χ4n) is 2.26. The highest BCUT2D eigenvalue weighted by atomic mass is 32.1. The lowest BCUT2D eigenvalue weighted by atomic mass is 9.93. The Kier molecular flexibility index (Phi) is 3.95. The van der Waals surface area contributed by atoms with Crippen molar-refractivity contribution < 1.29 is 9.84 Å². The third-order valence-electron chi connectivity index (χ3n) is 3.14. The molecule has 3 nitrogen and oxygen atoms in total. The van der Waals surface area contributed by atoms with Gasteiger partial charge in [0.1, 0.15) is 0 Å². The zero-order valence-electron chi connectivity index (χ0n) is 9.90. The third-order valence-corrected chi connectivity index (χ3v) is 4.31. The summed E-state index contributed by atoms with van der Waals surface area (Å²) in [4.78, 5) is 5.40. The van der Waals surface area contributed by atoms with Crippen LogP contribution < -0.4 is 0 Å². The molecule has 0 bridgehead atoms. The normalized spacial score (nSPS) is 19.9. The van der Waals surface area contributed by atoms with Gasteiger partial charge in [-0.05, 0) is 39.0 Å². The van der Waals surface area contributed by atoms with Crippen LogP contribution in [0, 0.1) is 19.8 Å². The van der Waals surface area contributed by atoms with Gasteiger partial charge in [-0.1, -0.05) is 0 Å². The lowest BCUT2D eigenvalue weighted by Crippen LogP contribution is -2.18. The van der Waals surface area contributed by atoms with Crippen molar-refractivity contribution in [2.24, 2.45) is 5.92 Å². The maximum absolute atomic E-state index is 10.2. The number of aromatic nitrogens is 1. The number of aryl methyl sites for hydroxylation is 2. The quantitative estimate of drug-likeness (QED) is 0.884. The molecule has 2 rings (SSSR count). The van der Waals surface area contributed by atoms with E-state index in [1.807, 2.05) is 13.8 Å². The molecule has 1 fully saturated rings. The van der Waals surface area contributed by atoms with Crippen molar-refractivity contribution in [3.05, 3.63) is 15.6 Å². The minimum absolute atomic E-state index is 0.339. The Morgan fingerprint density at radius 2 is 2.12 bits per heavy atom. The van der Waals surface area contributed by atoms with Gasteiger partial charge in [-0.15, -0.1) is 11.3 Å². The van der Waals surface area contributed by atoms with Gasteiger partial charge < -0.3 is 9.84 Å². The summed E-state index contributed by atoms with van der Waals surface area (Å²) >= 11 is 1.62. The topological polar surface area (TPSA) is 42.4 Å². The van der Waals surface area contributed by atoms with Crippen LogP contribution in [0.5, 0.6) is 0 Å². The van der Waals surface area contributed by atoms with Gasteiger partial charge in [0.05, 0.1) is 21.7 Å². The van der Waals surface area contributed by atoms with Gasteiger partial charge in [0.15, 0.2) is 0 Å². The van der Waals surface area contributed by atoms with E-state index >= 15 is 0 Å². The van der Waals surface area contributed by atoms with Crippen LogP contribution >= 0.6 is 11.3 Å². The molecule has 1 saturated heterocycles. The largest absolute Gasteiger partial charge is 0.387 e. The number of rotatable bonds is 3. The molecule has 0 aromatic carbocycles. The first-order valence-electron chi connectivity index (χ1n) is 5.86. The van der Waals surface area contributed by atoms with Gasteiger partial charge in [-0.25, -0.2) is 4.98 Å². The Morgan fingerprint density at radius 1 is 1.44 bits per heavy atom. The minimum Gasteiger partial charge on any atom is -0.387 e. The van der Waals surface area contributed by atoms with E-state index in [1.54, 1.807) is 11.3 Å². The first-order valence-corrected chi connectivity index (χ1v) is 6.68. The van der Waals surface area contributed by atoms with Crippen LogP contribution in [-0.2, 0) is 4.74 Å². The van der Waals surface area contributed by atoms with Gasteiger partial charge in [0.2, 0.25) is 0 Å². The maximum atomic E-state index is 10.2. The second-order valence-electron chi connectivity index (χ2n) is 4.49. The van der Waals surface area contributed by atoms with E-state index in [2.05, 4.69) is 4.98 Å². The van der Waals surface area contributed by atoms with E-state index in [9.17, 15) is 5.11 Å². The molecule has 90 valence electrons.